The van der Waals surface area contributed by atoms with Crippen LogP contribution in [0.5, 0.6) is 5.75 Å². The summed E-state index contributed by atoms with van der Waals surface area (Å²) in [5.74, 6) is -1.13. The maximum atomic E-state index is 14.4. The van der Waals surface area contributed by atoms with Crippen molar-refractivity contribution < 1.29 is 23.4 Å². The Morgan fingerprint density at radius 3 is 2.54 bits per heavy atom. The van der Waals surface area contributed by atoms with Crippen molar-refractivity contribution in [3.63, 3.8) is 0 Å². The van der Waals surface area contributed by atoms with Crippen LogP contribution in [-0.4, -0.2) is 17.2 Å². The van der Waals surface area contributed by atoms with Crippen LogP contribution in [0.3, 0.4) is 0 Å². The number of carboxylic acid groups (broad SMARTS) is 1. The summed E-state index contributed by atoms with van der Waals surface area (Å²) < 4.78 is 34.0. The smallest absolute Gasteiger partial charge is 0.303 e. The quantitative estimate of drug-likeness (QED) is 0.645. The van der Waals surface area contributed by atoms with Crippen molar-refractivity contribution >= 4 is 5.97 Å². The number of rotatable bonds is 8. The molecule has 0 saturated heterocycles. The predicted molar refractivity (Wildman–Crippen MR) is 95.3 cm³/mol. The summed E-state index contributed by atoms with van der Waals surface area (Å²) >= 11 is 0. The first-order valence-electron chi connectivity index (χ1n) is 8.99. The van der Waals surface area contributed by atoms with E-state index < -0.39 is 11.8 Å². The zero-order valence-electron chi connectivity index (χ0n) is 14.5. The van der Waals surface area contributed by atoms with E-state index in [0.717, 1.165) is 19.3 Å². The maximum Gasteiger partial charge on any atom is 0.303 e. The monoisotopic (exact) mass is 360 g/mol. The Labute approximate surface area is 151 Å². The van der Waals surface area contributed by atoms with Crippen molar-refractivity contribution in [1.29, 1.82) is 0 Å². The van der Waals surface area contributed by atoms with E-state index in [1.807, 2.05) is 0 Å². The molecule has 0 atom stereocenters. The minimum atomic E-state index is -0.841. The molecular formula is C21H22F2O3. The number of carboxylic acids is 1. The van der Waals surface area contributed by atoms with Gasteiger partial charge in [0.2, 0.25) is 0 Å². The first-order chi connectivity index (χ1) is 12.5. The second-order valence-corrected chi connectivity index (χ2v) is 6.75. The van der Waals surface area contributed by atoms with E-state index in [9.17, 15) is 13.6 Å². The number of hydrogen-bond donors (Lipinski definition) is 1. The summed E-state index contributed by atoms with van der Waals surface area (Å²) in [6.07, 6.45) is 4.95. The number of benzene rings is 2. The molecule has 0 unspecified atom stereocenters. The third-order valence-electron chi connectivity index (χ3n) is 4.70. The first kappa shape index (κ1) is 18.4. The topological polar surface area (TPSA) is 46.5 Å². The van der Waals surface area contributed by atoms with Gasteiger partial charge in [0, 0.05) is 12.5 Å². The lowest BCUT2D eigenvalue weighted by molar-refractivity contribution is -0.137. The van der Waals surface area contributed by atoms with Crippen molar-refractivity contribution in [2.75, 3.05) is 0 Å². The Hall–Kier alpha value is -2.43. The second kappa shape index (κ2) is 8.30. The highest BCUT2D eigenvalue weighted by Gasteiger charge is 2.19. The molecule has 1 N–H and O–H groups in total. The van der Waals surface area contributed by atoms with Crippen molar-refractivity contribution in [1.82, 2.24) is 0 Å². The van der Waals surface area contributed by atoms with Crippen molar-refractivity contribution in [2.45, 2.75) is 51.0 Å². The SMILES string of the molecule is O=C(O)CCCCc1ccc(-c2cc(F)cc(OC3CCC3)c2)cc1F. The van der Waals surface area contributed by atoms with Crippen LogP contribution in [0, 0.1) is 11.6 Å². The molecule has 138 valence electrons. The van der Waals surface area contributed by atoms with Gasteiger partial charge in [0.05, 0.1) is 6.10 Å². The molecule has 2 aromatic carbocycles. The highest BCUT2D eigenvalue weighted by Crippen LogP contribution is 2.30. The van der Waals surface area contributed by atoms with Crippen molar-refractivity contribution in [3.8, 4) is 16.9 Å². The fourth-order valence-corrected chi connectivity index (χ4v) is 3.00. The molecule has 0 aromatic heterocycles. The molecule has 0 spiro atoms. The van der Waals surface area contributed by atoms with Crippen LogP contribution in [0.15, 0.2) is 36.4 Å². The predicted octanol–water partition coefficient (Wildman–Crippen LogP) is 5.36. The fraction of sp³-hybridized carbons (Fsp3) is 0.381. The summed E-state index contributed by atoms with van der Waals surface area (Å²) in [4.78, 5) is 10.5. The normalized spacial score (nSPS) is 14.1. The van der Waals surface area contributed by atoms with Crippen LogP contribution >= 0.6 is 0 Å². The standard InChI is InChI=1S/C21H22F2O3/c22-17-10-16(11-19(13-17)26-18-5-3-6-18)15-9-8-14(20(23)12-15)4-1-2-7-21(24)25/h8-13,18H,1-7H2,(H,24,25). The van der Waals surface area contributed by atoms with Gasteiger partial charge in [-0.15, -0.1) is 0 Å². The molecule has 0 bridgehead atoms. The minimum absolute atomic E-state index is 0.0900. The zero-order chi connectivity index (χ0) is 18.5. The van der Waals surface area contributed by atoms with Gasteiger partial charge in [-0.2, -0.15) is 0 Å². The average molecular weight is 360 g/mol. The molecule has 1 saturated carbocycles. The van der Waals surface area contributed by atoms with Gasteiger partial charge in [-0.1, -0.05) is 12.1 Å². The van der Waals surface area contributed by atoms with Gasteiger partial charge in [0.15, 0.2) is 0 Å². The van der Waals surface area contributed by atoms with Crippen molar-refractivity contribution in [3.05, 3.63) is 53.6 Å². The van der Waals surface area contributed by atoms with E-state index in [2.05, 4.69) is 0 Å². The van der Waals surface area contributed by atoms with Crippen LogP contribution in [0.1, 0.15) is 44.1 Å². The van der Waals surface area contributed by atoms with Crippen LogP contribution < -0.4 is 4.74 Å². The van der Waals surface area contributed by atoms with E-state index in [4.69, 9.17) is 9.84 Å². The average Bonchev–Trinajstić information content (AvgIpc) is 2.55. The van der Waals surface area contributed by atoms with E-state index in [-0.39, 0.29) is 18.3 Å². The molecule has 1 fully saturated rings. The number of ether oxygens (including phenoxy) is 1. The molecular weight excluding hydrogens is 338 g/mol. The number of aliphatic carboxylic acids is 1. The lowest BCUT2D eigenvalue weighted by Gasteiger charge is -2.26. The summed E-state index contributed by atoms with van der Waals surface area (Å²) in [5, 5.41) is 8.63. The van der Waals surface area contributed by atoms with Gasteiger partial charge >= 0.3 is 5.97 Å². The molecule has 3 rings (SSSR count). The highest BCUT2D eigenvalue weighted by atomic mass is 19.1. The molecule has 2 aromatic rings. The lowest BCUT2D eigenvalue weighted by Crippen LogP contribution is -2.24. The van der Waals surface area contributed by atoms with Gasteiger partial charge in [-0.05, 0) is 73.4 Å². The van der Waals surface area contributed by atoms with Crippen LogP contribution in [0.25, 0.3) is 11.1 Å². The van der Waals surface area contributed by atoms with E-state index in [1.165, 1.54) is 18.2 Å². The summed E-state index contributed by atoms with van der Waals surface area (Å²) in [7, 11) is 0. The molecule has 0 aliphatic heterocycles. The molecule has 3 nitrogen and oxygen atoms in total. The first-order valence-corrected chi connectivity index (χ1v) is 8.99. The number of hydrogen-bond acceptors (Lipinski definition) is 2. The van der Waals surface area contributed by atoms with Gasteiger partial charge in [-0.25, -0.2) is 8.78 Å². The lowest BCUT2D eigenvalue weighted by atomic mass is 9.96. The summed E-state index contributed by atoms with van der Waals surface area (Å²) in [6, 6.07) is 9.31. The summed E-state index contributed by atoms with van der Waals surface area (Å²) in [5.41, 5.74) is 1.71. The number of aryl methyl sites for hydroxylation is 1. The van der Waals surface area contributed by atoms with E-state index >= 15 is 0 Å². The highest BCUT2D eigenvalue weighted by molar-refractivity contribution is 5.66. The Balaban J connectivity index is 1.70. The van der Waals surface area contributed by atoms with Gasteiger partial charge in [0.25, 0.3) is 0 Å². The van der Waals surface area contributed by atoms with Crippen LogP contribution in [-0.2, 0) is 11.2 Å². The van der Waals surface area contributed by atoms with Crippen LogP contribution in [0.2, 0.25) is 0 Å². The number of unbranched alkanes of at least 4 members (excludes halogenated alkanes) is 1. The third kappa shape index (κ3) is 4.81. The molecule has 0 amide bonds. The van der Waals surface area contributed by atoms with Gasteiger partial charge in [-0.3, -0.25) is 4.79 Å². The summed E-state index contributed by atoms with van der Waals surface area (Å²) in [6.45, 7) is 0. The molecule has 1 aliphatic rings. The molecule has 1 aliphatic carbocycles. The van der Waals surface area contributed by atoms with E-state index in [1.54, 1.807) is 18.2 Å². The Morgan fingerprint density at radius 2 is 1.88 bits per heavy atom. The van der Waals surface area contributed by atoms with Gasteiger partial charge < -0.3 is 9.84 Å². The molecule has 0 heterocycles. The Kier molecular flexibility index (Phi) is 5.86. The second-order valence-electron chi connectivity index (χ2n) is 6.75. The maximum absolute atomic E-state index is 14.4. The largest absolute Gasteiger partial charge is 0.490 e. The van der Waals surface area contributed by atoms with Gasteiger partial charge in [0.1, 0.15) is 17.4 Å². The molecule has 5 heteroatoms. The minimum Gasteiger partial charge on any atom is -0.490 e. The molecule has 26 heavy (non-hydrogen) atoms. The zero-order valence-corrected chi connectivity index (χ0v) is 14.5. The Morgan fingerprint density at radius 1 is 1.08 bits per heavy atom. The molecule has 0 radical (unpaired) electrons. The number of halogens is 2. The fourth-order valence-electron chi connectivity index (χ4n) is 3.00. The number of carbonyl (C=O) groups is 1. The Bertz CT molecular complexity index is 785. The van der Waals surface area contributed by atoms with E-state index in [0.29, 0.717) is 41.7 Å². The third-order valence-corrected chi connectivity index (χ3v) is 4.70. The van der Waals surface area contributed by atoms with Crippen LogP contribution in [0.4, 0.5) is 8.78 Å². The van der Waals surface area contributed by atoms with Crippen molar-refractivity contribution in [2.24, 2.45) is 0 Å².